The minimum atomic E-state index is -0.0512. The summed E-state index contributed by atoms with van der Waals surface area (Å²) in [7, 11) is 0. The maximum Gasteiger partial charge on any atom is 0.166 e. The molecular formula is C59H49N5. The summed E-state index contributed by atoms with van der Waals surface area (Å²) in [6, 6.07) is 67.5. The molecule has 0 atom stereocenters. The van der Waals surface area contributed by atoms with E-state index in [9.17, 15) is 0 Å². The Balaban J connectivity index is 1.22. The third-order valence-electron chi connectivity index (χ3n) is 12.7. The Labute approximate surface area is 374 Å². The third-order valence-corrected chi connectivity index (χ3v) is 12.7. The van der Waals surface area contributed by atoms with E-state index in [0.717, 1.165) is 50.2 Å². The highest BCUT2D eigenvalue weighted by Crippen LogP contribution is 2.42. The van der Waals surface area contributed by atoms with Crippen molar-refractivity contribution in [3.63, 3.8) is 0 Å². The van der Waals surface area contributed by atoms with E-state index in [1.165, 1.54) is 43.7 Å². The van der Waals surface area contributed by atoms with Crippen molar-refractivity contribution in [2.45, 2.75) is 52.4 Å². The molecule has 0 aliphatic carbocycles. The molecule has 0 N–H and O–H groups in total. The van der Waals surface area contributed by atoms with Gasteiger partial charge in [0.2, 0.25) is 0 Å². The second kappa shape index (κ2) is 15.0. The van der Waals surface area contributed by atoms with Crippen LogP contribution in [0.1, 0.15) is 52.7 Å². The Kier molecular flexibility index (Phi) is 9.21. The molecule has 3 aromatic heterocycles. The normalized spacial score (nSPS) is 12.2. The van der Waals surface area contributed by atoms with Gasteiger partial charge < -0.3 is 9.13 Å². The van der Waals surface area contributed by atoms with E-state index in [2.05, 4.69) is 202 Å². The zero-order chi connectivity index (χ0) is 43.7. The fourth-order valence-electron chi connectivity index (χ4n) is 9.24. The maximum atomic E-state index is 5.37. The molecule has 5 nitrogen and oxygen atoms in total. The molecule has 310 valence electrons. The van der Waals surface area contributed by atoms with Gasteiger partial charge in [-0.2, -0.15) is 0 Å². The first-order chi connectivity index (χ1) is 31.0. The molecule has 0 bridgehead atoms. The van der Waals surface area contributed by atoms with E-state index in [4.69, 9.17) is 15.0 Å². The molecule has 8 aromatic carbocycles. The molecule has 11 aromatic rings. The summed E-state index contributed by atoms with van der Waals surface area (Å²) in [6.45, 7) is 13.7. The highest BCUT2D eigenvalue weighted by molar-refractivity contribution is 6.12. The lowest BCUT2D eigenvalue weighted by Gasteiger charge is -2.21. The second-order valence-electron chi connectivity index (χ2n) is 19.0. The van der Waals surface area contributed by atoms with Gasteiger partial charge in [-0.15, -0.1) is 0 Å². The van der Waals surface area contributed by atoms with Crippen LogP contribution in [-0.4, -0.2) is 24.1 Å². The molecule has 0 radical (unpaired) electrons. The smallest absolute Gasteiger partial charge is 0.166 e. The van der Waals surface area contributed by atoms with Crippen LogP contribution >= 0.6 is 0 Å². The average Bonchev–Trinajstić information content (AvgIpc) is 3.83. The number of rotatable bonds is 6. The van der Waals surface area contributed by atoms with E-state index in [0.29, 0.717) is 17.5 Å². The fourth-order valence-corrected chi connectivity index (χ4v) is 9.24. The number of aromatic nitrogens is 5. The predicted octanol–water partition coefficient (Wildman–Crippen LogP) is 15.3. The van der Waals surface area contributed by atoms with Crippen LogP contribution in [0.25, 0.3) is 100 Å². The van der Waals surface area contributed by atoms with Gasteiger partial charge in [0.05, 0.1) is 27.8 Å². The van der Waals surface area contributed by atoms with Gasteiger partial charge in [-0.25, -0.2) is 15.0 Å². The summed E-state index contributed by atoms with van der Waals surface area (Å²) in [4.78, 5) is 15.8. The van der Waals surface area contributed by atoms with Crippen LogP contribution < -0.4 is 0 Å². The lowest BCUT2D eigenvalue weighted by Crippen LogP contribution is -2.11. The van der Waals surface area contributed by atoms with Crippen molar-refractivity contribution >= 4 is 43.6 Å². The lowest BCUT2D eigenvalue weighted by molar-refractivity contribution is 0.591. The summed E-state index contributed by atoms with van der Waals surface area (Å²) in [5.41, 5.74) is 14.2. The predicted molar refractivity (Wildman–Crippen MR) is 268 cm³/mol. The van der Waals surface area contributed by atoms with E-state index >= 15 is 0 Å². The van der Waals surface area contributed by atoms with E-state index < -0.39 is 0 Å². The maximum absolute atomic E-state index is 5.37. The van der Waals surface area contributed by atoms with Crippen molar-refractivity contribution in [2.24, 2.45) is 0 Å². The largest absolute Gasteiger partial charge is 0.309 e. The van der Waals surface area contributed by atoms with Gasteiger partial charge in [0.15, 0.2) is 17.5 Å². The summed E-state index contributed by atoms with van der Waals surface area (Å²) < 4.78 is 4.82. The third kappa shape index (κ3) is 6.76. The molecule has 0 aliphatic rings. The Bertz CT molecular complexity index is 3420. The van der Waals surface area contributed by atoms with Crippen LogP contribution in [0.15, 0.2) is 188 Å². The Hall–Kier alpha value is -7.63. The summed E-state index contributed by atoms with van der Waals surface area (Å²) in [5.74, 6) is 1.87. The molecule has 0 aliphatic heterocycles. The number of nitrogens with zero attached hydrogens (tertiary/aromatic N) is 5. The van der Waals surface area contributed by atoms with Gasteiger partial charge in [-0.3, -0.25) is 0 Å². The van der Waals surface area contributed by atoms with Crippen LogP contribution in [-0.2, 0) is 10.8 Å². The number of hydrogen-bond donors (Lipinski definition) is 0. The van der Waals surface area contributed by atoms with Crippen LogP contribution in [0.3, 0.4) is 0 Å². The molecule has 0 unspecified atom stereocenters. The SMILES string of the molecule is CC(C)(C)c1ccc2c3ccc(C(C)(C)C)cc3n(-c3ccc(-c4ccc5c(c4)c4ccccc4n5-c4ccccc4)cc3-c3nc(-c4ccccc4)nc(-c4ccccc4)n3)c2c1. The van der Waals surface area contributed by atoms with Crippen molar-refractivity contribution in [1.29, 1.82) is 0 Å². The zero-order valence-electron chi connectivity index (χ0n) is 37.1. The van der Waals surface area contributed by atoms with Crippen LogP contribution in [0.4, 0.5) is 0 Å². The van der Waals surface area contributed by atoms with Gasteiger partial charge >= 0.3 is 0 Å². The summed E-state index contributed by atoms with van der Waals surface area (Å²) in [5, 5.41) is 4.84. The minimum absolute atomic E-state index is 0.0512. The van der Waals surface area contributed by atoms with Crippen molar-refractivity contribution in [1.82, 2.24) is 24.1 Å². The molecule has 64 heavy (non-hydrogen) atoms. The quantitative estimate of drug-likeness (QED) is 0.168. The van der Waals surface area contributed by atoms with Crippen molar-refractivity contribution in [3.05, 3.63) is 199 Å². The van der Waals surface area contributed by atoms with Crippen molar-refractivity contribution in [2.75, 3.05) is 0 Å². The fraction of sp³-hybridized carbons (Fsp3) is 0.136. The first-order valence-corrected chi connectivity index (χ1v) is 22.2. The number of benzene rings is 8. The van der Waals surface area contributed by atoms with Crippen LogP contribution in [0.5, 0.6) is 0 Å². The van der Waals surface area contributed by atoms with Crippen molar-refractivity contribution < 1.29 is 0 Å². The molecule has 0 fully saturated rings. The van der Waals surface area contributed by atoms with E-state index in [1.54, 1.807) is 0 Å². The number of hydrogen-bond acceptors (Lipinski definition) is 3. The molecule has 3 heterocycles. The lowest BCUT2D eigenvalue weighted by atomic mass is 9.86. The van der Waals surface area contributed by atoms with Gasteiger partial charge in [-0.1, -0.05) is 175 Å². The van der Waals surface area contributed by atoms with Crippen molar-refractivity contribution in [3.8, 4) is 56.7 Å². The molecule has 5 heteroatoms. The monoisotopic (exact) mass is 827 g/mol. The minimum Gasteiger partial charge on any atom is -0.309 e. The Morgan fingerprint density at radius 2 is 0.797 bits per heavy atom. The topological polar surface area (TPSA) is 48.5 Å². The van der Waals surface area contributed by atoms with Gasteiger partial charge in [0, 0.05) is 43.9 Å². The Morgan fingerprint density at radius 3 is 1.38 bits per heavy atom. The molecule has 0 saturated heterocycles. The second-order valence-corrected chi connectivity index (χ2v) is 19.0. The molecule has 0 spiro atoms. The molecule has 0 saturated carbocycles. The van der Waals surface area contributed by atoms with Gasteiger partial charge in [0.25, 0.3) is 0 Å². The standard InChI is InChI=1S/C59H49N5/c1-58(2,3)42-28-30-46-47-31-29-43(59(4,5)6)37-54(47)64(53(46)36-42)52-33-27-41(40-26-32-51-48(34-40)45-24-16-17-25-50(45)63(51)44-22-14-9-15-23-44)35-49(52)57-61-55(38-18-10-7-11-19-38)60-56(62-57)39-20-12-8-13-21-39/h7-37H,1-6H3. The number of fused-ring (bicyclic) bond motifs is 6. The highest BCUT2D eigenvalue weighted by Gasteiger charge is 2.24. The van der Waals surface area contributed by atoms with Gasteiger partial charge in [-0.05, 0) is 87.7 Å². The first-order valence-electron chi connectivity index (χ1n) is 22.2. The average molecular weight is 828 g/mol. The molecule has 0 amide bonds. The summed E-state index contributed by atoms with van der Waals surface area (Å²) >= 11 is 0. The highest BCUT2D eigenvalue weighted by atomic mass is 15.1. The summed E-state index contributed by atoms with van der Waals surface area (Å²) in [6.07, 6.45) is 0. The van der Waals surface area contributed by atoms with Gasteiger partial charge in [0.1, 0.15) is 0 Å². The first kappa shape index (κ1) is 39.2. The van der Waals surface area contributed by atoms with E-state index in [-0.39, 0.29) is 10.8 Å². The molecular weight excluding hydrogens is 779 g/mol. The van der Waals surface area contributed by atoms with Crippen LogP contribution in [0, 0.1) is 0 Å². The van der Waals surface area contributed by atoms with Crippen LogP contribution in [0.2, 0.25) is 0 Å². The number of para-hydroxylation sites is 2. The zero-order valence-corrected chi connectivity index (χ0v) is 37.1. The Morgan fingerprint density at radius 1 is 0.328 bits per heavy atom. The van der Waals surface area contributed by atoms with E-state index in [1.807, 2.05) is 36.4 Å². The molecule has 11 rings (SSSR count).